The minimum absolute atomic E-state index is 0.274. The molecule has 0 aromatic carbocycles. The Morgan fingerprint density at radius 1 is 0.433 bits per heavy atom. The number of carbonyl (C=O) groups is 2. The lowest BCUT2D eigenvalue weighted by Gasteiger charge is -2.57. The number of fused-ring (bicyclic) bond motifs is 12. The first-order chi connectivity index (χ1) is 14.8. The summed E-state index contributed by atoms with van der Waals surface area (Å²) in [7, 11) is 0. The van der Waals surface area contributed by atoms with Gasteiger partial charge in [-0.15, -0.1) is 0 Å². The van der Waals surface area contributed by atoms with Gasteiger partial charge in [-0.2, -0.15) is 0 Å². The summed E-state index contributed by atoms with van der Waals surface area (Å²) in [6.07, 6.45) is 18.4. The summed E-state index contributed by atoms with van der Waals surface area (Å²) in [6.45, 7) is 0. The maximum atomic E-state index is 14.0. The molecule has 7 aliphatic rings. The van der Waals surface area contributed by atoms with E-state index in [0.29, 0.717) is 53.0 Å². The molecular formula is C28H40O2. The molecule has 0 aliphatic heterocycles. The van der Waals surface area contributed by atoms with E-state index in [4.69, 9.17) is 0 Å². The molecule has 0 N–H and O–H groups in total. The first kappa shape index (κ1) is 18.9. The van der Waals surface area contributed by atoms with Gasteiger partial charge in [0.15, 0.2) is 0 Å². The van der Waals surface area contributed by atoms with Crippen molar-refractivity contribution in [3.05, 3.63) is 0 Å². The highest BCUT2D eigenvalue weighted by molar-refractivity contribution is 5.92. The van der Waals surface area contributed by atoms with E-state index in [1.807, 2.05) is 0 Å². The van der Waals surface area contributed by atoms with Gasteiger partial charge in [-0.05, 0) is 92.3 Å². The first-order valence-electron chi connectivity index (χ1n) is 13.8. The second kappa shape index (κ2) is 6.92. The molecule has 0 spiro atoms. The molecule has 0 radical (unpaired) electrons. The molecule has 0 aromatic heterocycles. The molecule has 0 heterocycles. The second-order valence-electron chi connectivity index (χ2n) is 12.6. The van der Waals surface area contributed by atoms with Crippen LogP contribution < -0.4 is 0 Å². The van der Waals surface area contributed by atoms with E-state index < -0.39 is 0 Å². The van der Waals surface area contributed by atoms with Crippen molar-refractivity contribution in [1.82, 2.24) is 0 Å². The van der Waals surface area contributed by atoms with Crippen molar-refractivity contribution in [3.8, 4) is 0 Å². The molecule has 0 aromatic rings. The van der Waals surface area contributed by atoms with Gasteiger partial charge in [-0.1, -0.05) is 44.9 Å². The molecule has 0 saturated heterocycles. The summed E-state index contributed by atoms with van der Waals surface area (Å²) in [6, 6.07) is 0. The van der Waals surface area contributed by atoms with Crippen molar-refractivity contribution in [2.45, 2.75) is 89.9 Å². The minimum Gasteiger partial charge on any atom is -0.299 e. The lowest BCUT2D eigenvalue weighted by Crippen LogP contribution is -2.54. The number of hydrogen-bond acceptors (Lipinski definition) is 2. The summed E-state index contributed by atoms with van der Waals surface area (Å²) in [5, 5.41) is 0. The second-order valence-corrected chi connectivity index (χ2v) is 12.6. The normalized spacial score (nSPS) is 56.9. The van der Waals surface area contributed by atoms with Crippen LogP contribution in [-0.4, -0.2) is 11.6 Å². The third-order valence-electron chi connectivity index (χ3n) is 12.0. The topological polar surface area (TPSA) is 34.1 Å². The molecule has 0 amide bonds. The van der Waals surface area contributed by atoms with Gasteiger partial charge in [0.05, 0.1) is 0 Å². The monoisotopic (exact) mass is 408 g/mol. The molecule has 12 unspecified atom stereocenters. The number of hydrogen-bond donors (Lipinski definition) is 0. The van der Waals surface area contributed by atoms with Gasteiger partial charge in [0, 0.05) is 23.7 Å². The summed E-state index contributed by atoms with van der Waals surface area (Å²) in [5.74, 6) is 8.04. The van der Waals surface area contributed by atoms with Crippen molar-refractivity contribution < 1.29 is 9.59 Å². The van der Waals surface area contributed by atoms with Crippen LogP contribution in [-0.2, 0) is 9.59 Å². The highest BCUT2D eigenvalue weighted by Gasteiger charge is 2.69. The molecular weight excluding hydrogens is 368 g/mol. The van der Waals surface area contributed by atoms with Crippen molar-refractivity contribution in [2.24, 2.45) is 71.0 Å². The highest BCUT2D eigenvalue weighted by Crippen LogP contribution is 2.69. The molecule has 7 aliphatic carbocycles. The van der Waals surface area contributed by atoms with Gasteiger partial charge in [-0.3, -0.25) is 9.59 Å². The Morgan fingerprint density at radius 3 is 1.73 bits per heavy atom. The van der Waals surface area contributed by atoms with E-state index in [-0.39, 0.29) is 11.8 Å². The first-order valence-corrected chi connectivity index (χ1v) is 13.8. The predicted octanol–water partition coefficient (Wildman–Crippen LogP) is 6.08. The summed E-state index contributed by atoms with van der Waals surface area (Å²) in [4.78, 5) is 27.9. The largest absolute Gasteiger partial charge is 0.299 e. The summed E-state index contributed by atoms with van der Waals surface area (Å²) < 4.78 is 0. The quantitative estimate of drug-likeness (QED) is 0.487. The lowest BCUT2D eigenvalue weighted by molar-refractivity contribution is -0.143. The average Bonchev–Trinajstić information content (AvgIpc) is 3.26. The van der Waals surface area contributed by atoms with Crippen LogP contribution in [0.4, 0.5) is 0 Å². The van der Waals surface area contributed by atoms with Gasteiger partial charge in [0.1, 0.15) is 11.6 Å². The van der Waals surface area contributed by atoms with Gasteiger partial charge >= 0.3 is 0 Å². The Labute approximate surface area is 182 Å². The zero-order chi connectivity index (χ0) is 20.0. The van der Waals surface area contributed by atoms with E-state index in [0.717, 1.165) is 24.2 Å². The van der Waals surface area contributed by atoms with Crippen LogP contribution in [0.2, 0.25) is 0 Å². The smallest absolute Gasteiger partial charge is 0.139 e. The third-order valence-corrected chi connectivity index (χ3v) is 12.0. The fourth-order valence-corrected chi connectivity index (χ4v) is 11.3. The van der Waals surface area contributed by atoms with Crippen LogP contribution >= 0.6 is 0 Å². The van der Waals surface area contributed by atoms with Crippen molar-refractivity contribution in [3.63, 3.8) is 0 Å². The predicted molar refractivity (Wildman–Crippen MR) is 117 cm³/mol. The molecule has 12 atom stereocenters. The molecule has 30 heavy (non-hydrogen) atoms. The van der Waals surface area contributed by atoms with Crippen LogP contribution in [0.15, 0.2) is 0 Å². The van der Waals surface area contributed by atoms with Crippen molar-refractivity contribution >= 4 is 11.6 Å². The summed E-state index contributed by atoms with van der Waals surface area (Å²) >= 11 is 0. The molecule has 2 nitrogen and oxygen atoms in total. The van der Waals surface area contributed by atoms with Gasteiger partial charge in [0.2, 0.25) is 0 Å². The number of rotatable bonds is 0. The third kappa shape index (κ3) is 2.38. The molecule has 2 heteroatoms. The number of Topliss-reactive ketones (excluding diaryl/α,β-unsaturated/α-hetero) is 2. The number of carbonyl (C=O) groups excluding carboxylic acids is 2. The van der Waals surface area contributed by atoms with Gasteiger partial charge < -0.3 is 0 Å². The molecule has 7 saturated carbocycles. The van der Waals surface area contributed by atoms with E-state index in [9.17, 15) is 9.59 Å². The van der Waals surface area contributed by atoms with E-state index in [1.54, 1.807) is 0 Å². The molecule has 7 rings (SSSR count). The van der Waals surface area contributed by atoms with E-state index in [2.05, 4.69) is 0 Å². The van der Waals surface area contributed by atoms with Gasteiger partial charge in [-0.25, -0.2) is 0 Å². The van der Waals surface area contributed by atoms with E-state index >= 15 is 0 Å². The minimum atomic E-state index is 0.274. The standard InChI is InChI=1S/C28H40O2/c29-27-19-11-5-4-10-18(19)24-25(27)21-14-13-15-7-1-2-8-16(15)22(21)23-17-9-3-6-12-20(17)28(30)26(23)24/h15-26H,1-14H2. The fraction of sp³-hybridized carbons (Fsp3) is 0.929. The van der Waals surface area contributed by atoms with Crippen LogP contribution in [0.5, 0.6) is 0 Å². The molecule has 0 bridgehead atoms. The fourth-order valence-electron chi connectivity index (χ4n) is 11.3. The van der Waals surface area contributed by atoms with Crippen molar-refractivity contribution in [1.29, 1.82) is 0 Å². The van der Waals surface area contributed by atoms with Crippen LogP contribution in [0, 0.1) is 71.0 Å². The SMILES string of the molecule is O=C1C2CCCCC2C2C1C1CCC3CCCCC3C1C1C3CCCCC3C(=O)C21. The van der Waals surface area contributed by atoms with Crippen LogP contribution in [0.1, 0.15) is 89.9 Å². The Hall–Kier alpha value is -0.660. The Bertz CT molecular complexity index is 741. The maximum Gasteiger partial charge on any atom is 0.139 e. The van der Waals surface area contributed by atoms with Crippen molar-refractivity contribution in [2.75, 3.05) is 0 Å². The Balaban J connectivity index is 1.36. The zero-order valence-electron chi connectivity index (χ0n) is 18.6. The Morgan fingerprint density at radius 2 is 1.00 bits per heavy atom. The molecule has 164 valence electrons. The highest BCUT2D eigenvalue weighted by atomic mass is 16.1. The van der Waals surface area contributed by atoms with E-state index in [1.165, 1.54) is 83.5 Å². The number of ketones is 2. The maximum absolute atomic E-state index is 14.0. The Kier molecular flexibility index (Phi) is 4.35. The van der Waals surface area contributed by atoms with Crippen LogP contribution in [0.3, 0.4) is 0 Å². The zero-order valence-corrected chi connectivity index (χ0v) is 18.6. The van der Waals surface area contributed by atoms with Crippen LogP contribution in [0.25, 0.3) is 0 Å². The van der Waals surface area contributed by atoms with Gasteiger partial charge in [0.25, 0.3) is 0 Å². The lowest BCUT2D eigenvalue weighted by atomic mass is 9.46. The molecule has 7 fully saturated rings. The average molecular weight is 409 g/mol. The summed E-state index contributed by atoms with van der Waals surface area (Å²) in [5.41, 5.74) is 0.